The van der Waals surface area contributed by atoms with Gasteiger partial charge >= 0.3 is 0 Å². The summed E-state index contributed by atoms with van der Waals surface area (Å²) in [5.74, 6) is 0.329. The number of aryl methyl sites for hydroxylation is 1. The van der Waals surface area contributed by atoms with E-state index in [0.717, 1.165) is 34.2 Å². The van der Waals surface area contributed by atoms with E-state index in [9.17, 15) is 4.79 Å². The summed E-state index contributed by atoms with van der Waals surface area (Å²) in [7, 11) is 0. The maximum absolute atomic E-state index is 11.5. The van der Waals surface area contributed by atoms with E-state index in [0.29, 0.717) is 5.78 Å². The summed E-state index contributed by atoms with van der Waals surface area (Å²) in [5, 5.41) is 0. The molecule has 1 aromatic heterocycles. The van der Waals surface area contributed by atoms with Crippen molar-refractivity contribution in [2.45, 2.75) is 26.2 Å². The predicted molar refractivity (Wildman–Crippen MR) is 54.0 cm³/mol. The Morgan fingerprint density at radius 1 is 1.42 bits per heavy atom. The summed E-state index contributed by atoms with van der Waals surface area (Å²) < 4.78 is 1.13. The average Bonchev–Trinajstić information content (AvgIpc) is 2.29. The number of hydrogen-bond donors (Lipinski definition) is 0. The van der Waals surface area contributed by atoms with Crippen molar-refractivity contribution in [3.8, 4) is 0 Å². The highest BCUT2D eigenvalue weighted by Gasteiger charge is 2.22. The molecule has 0 unspecified atom stereocenters. The molecule has 0 spiro atoms. The van der Waals surface area contributed by atoms with Crippen LogP contribution in [0.1, 0.15) is 33.6 Å². The van der Waals surface area contributed by atoms with Crippen LogP contribution in [0.5, 0.6) is 0 Å². The number of hydrogen-bond acceptors (Lipinski definition) is 2. The summed E-state index contributed by atoms with van der Waals surface area (Å²) >= 11 is 5.19. The molecule has 0 saturated heterocycles. The van der Waals surface area contributed by atoms with Gasteiger partial charge in [0.1, 0.15) is 0 Å². The molecule has 0 aliphatic heterocycles. The van der Waals surface area contributed by atoms with E-state index in [1.807, 2.05) is 6.92 Å². The molecule has 1 aromatic rings. The van der Waals surface area contributed by atoms with Crippen molar-refractivity contribution in [2.75, 3.05) is 0 Å². The molecule has 1 aliphatic carbocycles. The molecule has 0 saturated carbocycles. The van der Waals surface area contributed by atoms with Crippen LogP contribution in [-0.4, -0.2) is 5.78 Å². The predicted octanol–water partition coefficient (Wildman–Crippen LogP) is 3.34. The van der Waals surface area contributed by atoms with E-state index in [1.54, 1.807) is 11.3 Å². The van der Waals surface area contributed by atoms with Gasteiger partial charge in [0.2, 0.25) is 0 Å². The average molecular weight is 245 g/mol. The minimum atomic E-state index is 0.329. The van der Waals surface area contributed by atoms with Crippen molar-refractivity contribution in [1.29, 1.82) is 0 Å². The molecule has 3 heteroatoms. The van der Waals surface area contributed by atoms with Gasteiger partial charge < -0.3 is 0 Å². The first-order valence-corrected chi connectivity index (χ1v) is 5.62. The van der Waals surface area contributed by atoms with Crippen LogP contribution in [0.4, 0.5) is 0 Å². The second kappa shape index (κ2) is 2.96. The first kappa shape index (κ1) is 8.45. The van der Waals surface area contributed by atoms with Gasteiger partial charge in [0.15, 0.2) is 5.78 Å². The van der Waals surface area contributed by atoms with Crippen LogP contribution in [0, 0.1) is 6.92 Å². The summed E-state index contributed by atoms with van der Waals surface area (Å²) in [6.07, 6.45) is 2.84. The highest BCUT2D eigenvalue weighted by Crippen LogP contribution is 2.36. The minimum Gasteiger partial charge on any atom is -0.294 e. The fourth-order valence-electron chi connectivity index (χ4n) is 1.62. The lowest BCUT2D eigenvalue weighted by molar-refractivity contribution is 0.0973. The van der Waals surface area contributed by atoms with Gasteiger partial charge in [0.05, 0.1) is 3.79 Å². The maximum Gasteiger partial charge on any atom is 0.164 e. The van der Waals surface area contributed by atoms with Crippen molar-refractivity contribution in [1.82, 2.24) is 0 Å². The number of thiophene rings is 1. The van der Waals surface area contributed by atoms with Gasteiger partial charge in [-0.05, 0) is 41.3 Å². The Labute approximate surface area is 83.9 Å². The fraction of sp³-hybridized carbons (Fsp3) is 0.444. The second-order valence-corrected chi connectivity index (χ2v) is 5.50. The number of ketones is 1. The summed E-state index contributed by atoms with van der Waals surface area (Å²) in [5.41, 5.74) is 2.14. The molecule has 64 valence electrons. The summed E-state index contributed by atoms with van der Waals surface area (Å²) in [4.78, 5) is 12.8. The monoisotopic (exact) mass is 244 g/mol. The zero-order valence-corrected chi connectivity index (χ0v) is 9.22. The lowest BCUT2D eigenvalue weighted by Crippen LogP contribution is -2.08. The molecule has 0 aromatic carbocycles. The Morgan fingerprint density at radius 2 is 2.17 bits per heavy atom. The normalized spacial score (nSPS) is 16.3. The zero-order chi connectivity index (χ0) is 8.72. The third-order valence-electron chi connectivity index (χ3n) is 2.25. The first-order valence-electron chi connectivity index (χ1n) is 4.01. The van der Waals surface area contributed by atoms with Crippen LogP contribution in [0.25, 0.3) is 0 Å². The lowest BCUT2D eigenvalue weighted by atomic mass is 9.95. The van der Waals surface area contributed by atoms with Crippen molar-refractivity contribution in [3.05, 3.63) is 19.8 Å². The number of carbonyl (C=O) groups is 1. The van der Waals surface area contributed by atoms with Crippen LogP contribution < -0.4 is 0 Å². The van der Waals surface area contributed by atoms with E-state index in [2.05, 4.69) is 15.9 Å². The van der Waals surface area contributed by atoms with Gasteiger partial charge in [-0.2, -0.15) is 0 Å². The fourth-order valence-corrected chi connectivity index (χ4v) is 3.49. The Balaban J connectivity index is 2.61. The van der Waals surface area contributed by atoms with Crippen molar-refractivity contribution >= 4 is 33.0 Å². The molecule has 1 nitrogen and oxygen atoms in total. The molecule has 0 bridgehead atoms. The topological polar surface area (TPSA) is 17.1 Å². The molecule has 0 radical (unpaired) electrons. The van der Waals surface area contributed by atoms with Crippen molar-refractivity contribution in [2.24, 2.45) is 0 Å². The van der Waals surface area contributed by atoms with E-state index in [-0.39, 0.29) is 0 Å². The van der Waals surface area contributed by atoms with Gasteiger partial charge in [0.25, 0.3) is 0 Å². The number of fused-ring (bicyclic) bond motifs is 1. The quantitative estimate of drug-likeness (QED) is 0.685. The smallest absolute Gasteiger partial charge is 0.164 e. The van der Waals surface area contributed by atoms with Gasteiger partial charge in [-0.25, -0.2) is 0 Å². The SMILES string of the molecule is Cc1c(Br)sc2c1C(=O)CCC2. The summed E-state index contributed by atoms with van der Waals surface area (Å²) in [6.45, 7) is 2.02. The van der Waals surface area contributed by atoms with Crippen molar-refractivity contribution in [3.63, 3.8) is 0 Å². The Bertz CT molecular complexity index is 341. The van der Waals surface area contributed by atoms with Gasteiger partial charge in [0, 0.05) is 16.9 Å². The first-order chi connectivity index (χ1) is 5.70. The van der Waals surface area contributed by atoms with Crippen LogP contribution in [0.3, 0.4) is 0 Å². The van der Waals surface area contributed by atoms with E-state index in [4.69, 9.17) is 0 Å². The second-order valence-electron chi connectivity index (χ2n) is 3.08. The van der Waals surface area contributed by atoms with Crippen LogP contribution in [0.15, 0.2) is 3.79 Å². The highest BCUT2D eigenvalue weighted by atomic mass is 79.9. The van der Waals surface area contributed by atoms with Crippen LogP contribution in [0.2, 0.25) is 0 Å². The lowest BCUT2D eigenvalue weighted by Gasteiger charge is -2.09. The van der Waals surface area contributed by atoms with Gasteiger partial charge in [-0.15, -0.1) is 11.3 Å². The molecule has 0 N–H and O–H groups in total. The highest BCUT2D eigenvalue weighted by molar-refractivity contribution is 9.11. The Morgan fingerprint density at radius 3 is 2.83 bits per heavy atom. The van der Waals surface area contributed by atoms with Crippen molar-refractivity contribution < 1.29 is 4.79 Å². The number of Topliss-reactive ketones (excluding diaryl/α,β-unsaturated/α-hetero) is 1. The zero-order valence-electron chi connectivity index (χ0n) is 6.82. The Kier molecular flexibility index (Phi) is 2.09. The van der Waals surface area contributed by atoms with E-state index >= 15 is 0 Å². The number of carbonyl (C=O) groups excluding carboxylic acids is 1. The molecular formula is C9H9BrOS. The minimum absolute atomic E-state index is 0.329. The van der Waals surface area contributed by atoms with Crippen LogP contribution >= 0.6 is 27.3 Å². The largest absolute Gasteiger partial charge is 0.294 e. The van der Waals surface area contributed by atoms with Gasteiger partial charge in [-0.1, -0.05) is 0 Å². The molecule has 12 heavy (non-hydrogen) atoms. The number of halogens is 1. The number of rotatable bonds is 0. The standard InChI is InChI=1S/C9H9BrOS/c1-5-8-6(11)3-2-4-7(8)12-9(5)10/h2-4H2,1H3. The molecule has 1 heterocycles. The van der Waals surface area contributed by atoms with E-state index in [1.165, 1.54) is 4.88 Å². The van der Waals surface area contributed by atoms with Crippen LogP contribution in [-0.2, 0) is 6.42 Å². The molecule has 0 amide bonds. The summed E-state index contributed by atoms with van der Waals surface area (Å²) in [6, 6.07) is 0. The van der Waals surface area contributed by atoms with E-state index < -0.39 is 0 Å². The van der Waals surface area contributed by atoms with Gasteiger partial charge in [-0.3, -0.25) is 4.79 Å². The third kappa shape index (κ3) is 1.15. The Hall–Kier alpha value is -0.150. The maximum atomic E-state index is 11.5. The molecule has 2 rings (SSSR count). The molecular weight excluding hydrogens is 236 g/mol. The molecule has 0 fully saturated rings. The molecule has 1 aliphatic rings. The third-order valence-corrected chi connectivity index (χ3v) is 4.47. The molecule has 0 atom stereocenters.